The third-order valence-corrected chi connectivity index (χ3v) is 4.78. The quantitative estimate of drug-likeness (QED) is 0.740. The van der Waals surface area contributed by atoms with E-state index >= 15 is 0 Å². The molecule has 0 bridgehead atoms. The molecule has 0 saturated heterocycles. The molecule has 100 valence electrons. The lowest BCUT2D eigenvalue weighted by molar-refractivity contribution is -0.122. The van der Waals surface area contributed by atoms with Crippen molar-refractivity contribution in [3.05, 3.63) is 58.9 Å². The summed E-state index contributed by atoms with van der Waals surface area (Å²) >= 11 is 1.60. The highest BCUT2D eigenvalue weighted by Gasteiger charge is 2.27. The minimum absolute atomic E-state index is 0.132. The molecule has 1 aliphatic rings. The monoisotopic (exact) mass is 282 g/mol. The first kappa shape index (κ1) is 11.9. The number of fused-ring (bicyclic) bond motifs is 2. The Morgan fingerprint density at radius 1 is 1.30 bits per heavy atom. The molecule has 0 unspecified atom stereocenters. The van der Waals surface area contributed by atoms with Crippen LogP contribution in [0.15, 0.2) is 42.0 Å². The second-order valence-corrected chi connectivity index (χ2v) is 6.22. The smallest absolute Gasteiger partial charge is 0.193 e. The average molecular weight is 282 g/mol. The van der Waals surface area contributed by atoms with E-state index in [1.54, 1.807) is 11.3 Å². The number of hydrogen-bond acceptors (Lipinski definition) is 3. The first-order valence-electron chi connectivity index (χ1n) is 6.80. The molecule has 0 aliphatic heterocycles. The molecule has 0 radical (unpaired) electrons. The van der Waals surface area contributed by atoms with Crippen LogP contribution in [0.3, 0.4) is 0 Å². The minimum atomic E-state index is 0.132. The van der Waals surface area contributed by atoms with Crippen molar-refractivity contribution in [2.24, 2.45) is 5.92 Å². The van der Waals surface area contributed by atoms with Gasteiger partial charge in [-0.3, -0.25) is 9.20 Å². The van der Waals surface area contributed by atoms with Gasteiger partial charge in [0.25, 0.3) is 0 Å². The predicted molar refractivity (Wildman–Crippen MR) is 79.1 cm³/mol. The molecule has 1 aliphatic carbocycles. The van der Waals surface area contributed by atoms with Crippen molar-refractivity contribution < 1.29 is 4.79 Å². The SMILES string of the molecule is O=C(Cc1cn2ccsc2n1)C1Cc2ccccc2C1. The zero-order chi connectivity index (χ0) is 13.5. The van der Waals surface area contributed by atoms with Crippen molar-refractivity contribution >= 4 is 22.1 Å². The maximum Gasteiger partial charge on any atom is 0.193 e. The molecule has 20 heavy (non-hydrogen) atoms. The second kappa shape index (κ2) is 4.56. The van der Waals surface area contributed by atoms with Crippen LogP contribution >= 0.6 is 11.3 Å². The van der Waals surface area contributed by atoms with Crippen molar-refractivity contribution in [1.82, 2.24) is 9.38 Å². The predicted octanol–water partition coefficient (Wildman–Crippen LogP) is 2.92. The third-order valence-electron chi connectivity index (χ3n) is 4.00. The van der Waals surface area contributed by atoms with Gasteiger partial charge in [0.05, 0.1) is 12.1 Å². The van der Waals surface area contributed by atoms with Gasteiger partial charge in [0.2, 0.25) is 0 Å². The summed E-state index contributed by atoms with van der Waals surface area (Å²) in [6.45, 7) is 0. The molecule has 1 aromatic carbocycles. The van der Waals surface area contributed by atoms with E-state index in [4.69, 9.17) is 0 Å². The third kappa shape index (κ3) is 1.96. The molecule has 0 amide bonds. The van der Waals surface area contributed by atoms with Gasteiger partial charge in [0.1, 0.15) is 5.78 Å². The average Bonchev–Trinajstić information content (AvgIpc) is 3.10. The Kier molecular flexibility index (Phi) is 2.70. The fourth-order valence-corrected chi connectivity index (χ4v) is 3.69. The number of carbonyl (C=O) groups excluding carboxylic acids is 1. The number of hydrogen-bond donors (Lipinski definition) is 0. The Balaban J connectivity index is 1.50. The van der Waals surface area contributed by atoms with Crippen LogP contribution in [-0.2, 0) is 24.1 Å². The molecule has 0 atom stereocenters. The summed E-state index contributed by atoms with van der Waals surface area (Å²) in [4.78, 5) is 17.9. The molecule has 2 aromatic heterocycles. The number of Topliss-reactive ketones (excluding diaryl/α,β-unsaturated/α-hetero) is 1. The number of ketones is 1. The van der Waals surface area contributed by atoms with Gasteiger partial charge in [-0.2, -0.15) is 0 Å². The number of nitrogens with zero attached hydrogens (tertiary/aromatic N) is 2. The summed E-state index contributed by atoms with van der Waals surface area (Å²) in [6.07, 6.45) is 6.17. The van der Waals surface area contributed by atoms with E-state index in [1.165, 1.54) is 11.1 Å². The topological polar surface area (TPSA) is 34.4 Å². The Morgan fingerprint density at radius 2 is 2.05 bits per heavy atom. The summed E-state index contributed by atoms with van der Waals surface area (Å²) in [5.41, 5.74) is 3.55. The summed E-state index contributed by atoms with van der Waals surface area (Å²) in [5.74, 6) is 0.444. The molecule has 3 nitrogen and oxygen atoms in total. The van der Waals surface area contributed by atoms with E-state index in [9.17, 15) is 4.79 Å². The van der Waals surface area contributed by atoms with Crippen molar-refractivity contribution in [1.29, 1.82) is 0 Å². The van der Waals surface area contributed by atoms with E-state index in [0.29, 0.717) is 12.2 Å². The van der Waals surface area contributed by atoms with Gasteiger partial charge in [0, 0.05) is 23.7 Å². The molecule has 3 aromatic rings. The number of rotatable bonds is 3. The first-order chi connectivity index (χ1) is 9.79. The van der Waals surface area contributed by atoms with E-state index < -0.39 is 0 Å². The van der Waals surface area contributed by atoms with Gasteiger partial charge in [-0.25, -0.2) is 4.98 Å². The summed E-state index contributed by atoms with van der Waals surface area (Å²) < 4.78 is 1.98. The Morgan fingerprint density at radius 3 is 2.75 bits per heavy atom. The summed E-state index contributed by atoms with van der Waals surface area (Å²) in [5, 5.41) is 2.00. The fraction of sp³-hybridized carbons (Fsp3) is 0.250. The van der Waals surface area contributed by atoms with E-state index in [-0.39, 0.29) is 5.92 Å². The van der Waals surface area contributed by atoms with Gasteiger partial charge in [-0.1, -0.05) is 24.3 Å². The lowest BCUT2D eigenvalue weighted by Crippen LogP contribution is -2.17. The number of benzene rings is 1. The van der Waals surface area contributed by atoms with E-state index in [2.05, 4.69) is 29.2 Å². The molecule has 0 spiro atoms. The Labute approximate surface area is 120 Å². The second-order valence-electron chi connectivity index (χ2n) is 5.34. The van der Waals surface area contributed by atoms with Gasteiger partial charge in [0.15, 0.2) is 4.96 Å². The summed E-state index contributed by atoms with van der Waals surface area (Å²) in [6, 6.07) is 8.37. The molecule has 0 saturated carbocycles. The van der Waals surface area contributed by atoms with Crippen molar-refractivity contribution in [2.75, 3.05) is 0 Å². The van der Waals surface area contributed by atoms with Crippen LogP contribution in [0.4, 0.5) is 0 Å². The highest BCUT2D eigenvalue weighted by molar-refractivity contribution is 7.15. The number of imidazole rings is 1. The standard InChI is InChI=1S/C16H14N2OS/c19-15(9-14-10-18-5-6-20-16(18)17-14)13-7-11-3-1-2-4-12(11)8-13/h1-6,10,13H,7-9H2. The molecule has 0 fully saturated rings. The van der Waals surface area contributed by atoms with Crippen molar-refractivity contribution in [2.45, 2.75) is 19.3 Å². The number of aromatic nitrogens is 2. The lowest BCUT2D eigenvalue weighted by atomic mass is 9.97. The highest BCUT2D eigenvalue weighted by atomic mass is 32.1. The maximum absolute atomic E-state index is 12.4. The largest absolute Gasteiger partial charge is 0.299 e. The number of carbonyl (C=O) groups is 1. The van der Waals surface area contributed by atoms with Gasteiger partial charge in [-0.05, 0) is 24.0 Å². The van der Waals surface area contributed by atoms with E-state index in [1.807, 2.05) is 22.2 Å². The normalized spacial score (nSPS) is 14.8. The summed E-state index contributed by atoms with van der Waals surface area (Å²) in [7, 11) is 0. The number of thiazole rings is 1. The van der Waals surface area contributed by atoms with Crippen molar-refractivity contribution in [3.8, 4) is 0 Å². The Bertz CT molecular complexity index is 733. The van der Waals surface area contributed by atoms with Crippen molar-refractivity contribution in [3.63, 3.8) is 0 Å². The van der Waals surface area contributed by atoms with Crippen LogP contribution in [0.5, 0.6) is 0 Å². The highest BCUT2D eigenvalue weighted by Crippen LogP contribution is 2.27. The molecule has 2 heterocycles. The van der Waals surface area contributed by atoms with Gasteiger partial charge in [-0.15, -0.1) is 11.3 Å². The fourth-order valence-electron chi connectivity index (χ4n) is 2.97. The maximum atomic E-state index is 12.4. The molecule has 4 rings (SSSR count). The van der Waals surface area contributed by atoms with Gasteiger partial charge >= 0.3 is 0 Å². The lowest BCUT2D eigenvalue weighted by Gasteiger charge is -2.05. The van der Waals surface area contributed by atoms with Crippen LogP contribution in [0, 0.1) is 5.92 Å². The molecule has 4 heteroatoms. The first-order valence-corrected chi connectivity index (χ1v) is 7.68. The molecule has 0 N–H and O–H groups in total. The zero-order valence-electron chi connectivity index (χ0n) is 11.0. The van der Waals surface area contributed by atoms with Crippen LogP contribution in [0.1, 0.15) is 16.8 Å². The van der Waals surface area contributed by atoms with Crippen LogP contribution in [0.25, 0.3) is 4.96 Å². The Hall–Kier alpha value is -1.94. The van der Waals surface area contributed by atoms with Crippen LogP contribution in [0.2, 0.25) is 0 Å². The minimum Gasteiger partial charge on any atom is -0.299 e. The van der Waals surface area contributed by atoms with Crippen LogP contribution in [-0.4, -0.2) is 15.2 Å². The van der Waals surface area contributed by atoms with Gasteiger partial charge < -0.3 is 0 Å². The molecular weight excluding hydrogens is 268 g/mol. The molecular formula is C16H14N2OS. The van der Waals surface area contributed by atoms with Crippen LogP contribution < -0.4 is 0 Å². The van der Waals surface area contributed by atoms with E-state index in [0.717, 1.165) is 23.5 Å². The zero-order valence-corrected chi connectivity index (χ0v) is 11.8.